The molecule has 2 amide bonds. The summed E-state index contributed by atoms with van der Waals surface area (Å²) in [6, 6.07) is 16.9. The molecule has 4 rings (SSSR count). The van der Waals surface area contributed by atoms with Gasteiger partial charge in [0.25, 0.3) is 0 Å². The SMILES string of the molecule is CCOC(=O)CC1=C[C@@H](c2ccccc2)[C@H]2C(=O)N(C)C(=O)[C@H]2[C@@H]1c1ccccc1Cl. The molecule has 0 unspecified atom stereocenters. The first-order chi connectivity index (χ1) is 14.9. The van der Waals surface area contributed by atoms with Crippen molar-refractivity contribution in [2.75, 3.05) is 13.7 Å². The number of ether oxygens (including phenoxy) is 1. The van der Waals surface area contributed by atoms with E-state index in [0.717, 1.165) is 16.7 Å². The molecule has 2 aromatic rings. The minimum atomic E-state index is -0.628. The van der Waals surface area contributed by atoms with Gasteiger partial charge in [0.1, 0.15) is 0 Å². The minimum Gasteiger partial charge on any atom is -0.466 e. The number of allylic oxidation sites excluding steroid dienone is 1. The first-order valence-corrected chi connectivity index (χ1v) is 10.8. The van der Waals surface area contributed by atoms with Crippen LogP contribution >= 0.6 is 11.6 Å². The zero-order valence-electron chi connectivity index (χ0n) is 17.5. The highest BCUT2D eigenvalue weighted by Crippen LogP contribution is 2.53. The van der Waals surface area contributed by atoms with Crippen molar-refractivity contribution in [3.8, 4) is 0 Å². The largest absolute Gasteiger partial charge is 0.466 e. The van der Waals surface area contributed by atoms with Gasteiger partial charge in [0.15, 0.2) is 0 Å². The third-order valence-corrected chi connectivity index (χ3v) is 6.58. The van der Waals surface area contributed by atoms with Gasteiger partial charge in [0.2, 0.25) is 11.8 Å². The van der Waals surface area contributed by atoms with Gasteiger partial charge < -0.3 is 4.74 Å². The maximum absolute atomic E-state index is 13.3. The fourth-order valence-corrected chi connectivity index (χ4v) is 5.16. The van der Waals surface area contributed by atoms with Crippen molar-refractivity contribution in [1.29, 1.82) is 0 Å². The standard InChI is InChI=1S/C25H24ClNO4/c1-3-31-20(28)14-16-13-18(15-9-5-4-6-10-15)22-23(25(30)27(2)24(22)29)21(16)17-11-7-8-12-19(17)26/h4-13,18,21-23H,3,14H2,1-2H3/t18-,21-,22+,23-/m0/s1. The number of fused-ring (bicyclic) bond motifs is 1. The van der Waals surface area contributed by atoms with E-state index in [1.165, 1.54) is 11.9 Å². The predicted octanol–water partition coefficient (Wildman–Crippen LogP) is 4.33. The van der Waals surface area contributed by atoms with Crippen molar-refractivity contribution in [3.63, 3.8) is 0 Å². The summed E-state index contributed by atoms with van der Waals surface area (Å²) >= 11 is 6.53. The van der Waals surface area contributed by atoms with Gasteiger partial charge in [0.05, 0.1) is 24.9 Å². The molecule has 31 heavy (non-hydrogen) atoms. The topological polar surface area (TPSA) is 63.7 Å². The summed E-state index contributed by atoms with van der Waals surface area (Å²) in [6.07, 6.45) is 2.02. The van der Waals surface area contributed by atoms with Crippen molar-refractivity contribution in [3.05, 3.63) is 82.4 Å². The Balaban J connectivity index is 1.91. The maximum atomic E-state index is 13.3. The molecule has 5 nitrogen and oxygen atoms in total. The number of benzene rings is 2. The lowest BCUT2D eigenvalue weighted by atomic mass is 9.64. The summed E-state index contributed by atoms with van der Waals surface area (Å²) in [5, 5.41) is 0.508. The highest BCUT2D eigenvalue weighted by Gasteiger charge is 2.56. The summed E-state index contributed by atoms with van der Waals surface area (Å²) < 4.78 is 5.21. The van der Waals surface area contributed by atoms with Crippen LogP contribution in [-0.2, 0) is 19.1 Å². The van der Waals surface area contributed by atoms with Gasteiger partial charge in [-0.1, -0.05) is 71.8 Å². The quantitative estimate of drug-likeness (QED) is 0.396. The third kappa shape index (κ3) is 3.79. The lowest BCUT2D eigenvalue weighted by Gasteiger charge is -2.37. The van der Waals surface area contributed by atoms with Crippen molar-refractivity contribution in [2.24, 2.45) is 11.8 Å². The van der Waals surface area contributed by atoms with Gasteiger partial charge in [0, 0.05) is 23.9 Å². The van der Waals surface area contributed by atoms with Gasteiger partial charge in [-0.05, 0) is 24.1 Å². The number of carbonyl (C=O) groups is 3. The number of carbonyl (C=O) groups excluding carboxylic acids is 3. The van der Waals surface area contributed by atoms with Gasteiger partial charge in [-0.2, -0.15) is 0 Å². The molecular weight excluding hydrogens is 414 g/mol. The zero-order chi connectivity index (χ0) is 22.1. The van der Waals surface area contributed by atoms with Crippen molar-refractivity contribution >= 4 is 29.4 Å². The Morgan fingerprint density at radius 3 is 2.32 bits per heavy atom. The Bertz CT molecular complexity index is 1050. The van der Waals surface area contributed by atoms with Gasteiger partial charge in [-0.15, -0.1) is 0 Å². The van der Waals surface area contributed by atoms with Gasteiger partial charge >= 0.3 is 5.97 Å². The number of esters is 1. The number of hydrogen-bond donors (Lipinski definition) is 0. The average Bonchev–Trinajstić information content (AvgIpc) is 2.99. The molecule has 6 heteroatoms. The van der Waals surface area contributed by atoms with Crippen LogP contribution in [0, 0.1) is 11.8 Å². The molecule has 2 aromatic carbocycles. The second-order valence-corrected chi connectivity index (χ2v) is 8.35. The molecule has 1 aliphatic carbocycles. The zero-order valence-corrected chi connectivity index (χ0v) is 18.2. The van der Waals surface area contributed by atoms with Crippen LogP contribution in [0.25, 0.3) is 0 Å². The number of nitrogens with zero attached hydrogens (tertiary/aromatic N) is 1. The molecule has 0 bridgehead atoms. The molecule has 1 saturated heterocycles. The average molecular weight is 438 g/mol. The fraction of sp³-hybridized carbons (Fsp3) is 0.320. The molecule has 1 fully saturated rings. The highest BCUT2D eigenvalue weighted by atomic mass is 35.5. The molecule has 4 atom stereocenters. The number of imide groups is 1. The first kappa shape index (κ1) is 21.3. The normalized spacial score (nSPS) is 25.3. The summed E-state index contributed by atoms with van der Waals surface area (Å²) in [4.78, 5) is 40.2. The monoisotopic (exact) mass is 437 g/mol. The third-order valence-electron chi connectivity index (χ3n) is 6.24. The molecule has 160 valence electrons. The first-order valence-electron chi connectivity index (χ1n) is 10.4. The van der Waals surface area contributed by atoms with E-state index in [0.29, 0.717) is 5.02 Å². The van der Waals surface area contributed by atoms with E-state index in [2.05, 4.69) is 0 Å². The highest BCUT2D eigenvalue weighted by molar-refractivity contribution is 6.31. The van der Waals surface area contributed by atoms with Crippen LogP contribution in [0.1, 0.15) is 36.3 Å². The van der Waals surface area contributed by atoms with Crippen LogP contribution in [-0.4, -0.2) is 36.3 Å². The van der Waals surface area contributed by atoms with Crippen molar-refractivity contribution in [1.82, 2.24) is 4.90 Å². The Kier molecular flexibility index (Phi) is 5.96. The summed E-state index contributed by atoms with van der Waals surface area (Å²) in [5.74, 6) is -2.76. The molecule has 0 radical (unpaired) electrons. The van der Waals surface area contributed by atoms with Crippen LogP contribution in [0.5, 0.6) is 0 Å². The van der Waals surface area contributed by atoms with Crippen molar-refractivity contribution in [2.45, 2.75) is 25.2 Å². The second kappa shape index (κ2) is 8.67. The number of halogens is 1. The molecule has 2 aliphatic rings. The minimum absolute atomic E-state index is 0.0431. The van der Waals surface area contributed by atoms with E-state index in [1.54, 1.807) is 13.0 Å². The van der Waals surface area contributed by atoms with E-state index >= 15 is 0 Å². The molecule has 1 heterocycles. The van der Waals surface area contributed by atoms with Crippen LogP contribution in [0.3, 0.4) is 0 Å². The van der Waals surface area contributed by atoms with Crippen molar-refractivity contribution < 1.29 is 19.1 Å². The Labute approximate surface area is 186 Å². The fourth-order valence-electron chi connectivity index (χ4n) is 4.91. The molecule has 1 aliphatic heterocycles. The maximum Gasteiger partial charge on any atom is 0.309 e. The lowest BCUT2D eigenvalue weighted by Crippen LogP contribution is -2.35. The Morgan fingerprint density at radius 1 is 1.00 bits per heavy atom. The van der Waals surface area contributed by atoms with Crippen LogP contribution in [0.2, 0.25) is 5.02 Å². The second-order valence-electron chi connectivity index (χ2n) is 7.95. The molecule has 0 saturated carbocycles. The van der Waals surface area contributed by atoms with E-state index in [9.17, 15) is 14.4 Å². The van der Waals surface area contributed by atoms with Crippen LogP contribution in [0.15, 0.2) is 66.2 Å². The van der Waals surface area contributed by atoms with E-state index in [-0.39, 0.29) is 36.7 Å². The smallest absolute Gasteiger partial charge is 0.309 e. The molecule has 0 aromatic heterocycles. The summed E-state index contributed by atoms with van der Waals surface area (Å²) in [6.45, 7) is 2.03. The Morgan fingerprint density at radius 2 is 1.65 bits per heavy atom. The van der Waals surface area contributed by atoms with Gasteiger partial charge in [-0.25, -0.2) is 0 Å². The van der Waals surface area contributed by atoms with Gasteiger partial charge in [-0.3, -0.25) is 19.3 Å². The van der Waals surface area contributed by atoms with E-state index in [1.807, 2.05) is 54.6 Å². The number of amides is 2. The Hall–Kier alpha value is -2.92. The number of hydrogen-bond acceptors (Lipinski definition) is 4. The summed E-state index contributed by atoms with van der Waals surface area (Å²) in [5.41, 5.74) is 2.45. The van der Waals surface area contributed by atoms with Crippen LogP contribution in [0.4, 0.5) is 0 Å². The number of likely N-dealkylation sites (tertiary alicyclic amines) is 1. The lowest BCUT2D eigenvalue weighted by molar-refractivity contribution is -0.143. The predicted molar refractivity (Wildman–Crippen MR) is 117 cm³/mol. The van der Waals surface area contributed by atoms with E-state index < -0.39 is 17.8 Å². The van der Waals surface area contributed by atoms with E-state index in [4.69, 9.17) is 16.3 Å². The molecular formula is C25H24ClNO4. The molecule has 0 spiro atoms. The molecule has 0 N–H and O–H groups in total. The summed E-state index contributed by atoms with van der Waals surface area (Å²) in [7, 11) is 1.53. The van der Waals surface area contributed by atoms with Crippen LogP contribution < -0.4 is 0 Å². The number of rotatable bonds is 5.